The second-order valence-electron chi connectivity index (χ2n) is 10.00. The molecule has 2 aliphatic rings. The smallest absolute Gasteiger partial charge is 0.341 e. The molecule has 8 nitrogen and oxygen atoms in total. The molecule has 1 aliphatic heterocycles. The van der Waals surface area contributed by atoms with Gasteiger partial charge in [-0.05, 0) is 45.7 Å². The first-order valence-corrected chi connectivity index (χ1v) is 10.8. The van der Waals surface area contributed by atoms with E-state index in [1.165, 1.54) is 6.20 Å². The topological polar surface area (TPSA) is 110 Å². The second-order valence-corrected chi connectivity index (χ2v) is 10.00. The van der Waals surface area contributed by atoms with Crippen molar-refractivity contribution in [3.63, 3.8) is 0 Å². The molecular formula is C23H29FN4O4. The van der Waals surface area contributed by atoms with Crippen LogP contribution in [0.2, 0.25) is 0 Å². The van der Waals surface area contributed by atoms with Crippen LogP contribution in [0.15, 0.2) is 28.3 Å². The summed E-state index contributed by atoms with van der Waals surface area (Å²) < 4.78 is 17.0. The van der Waals surface area contributed by atoms with Gasteiger partial charge in [0, 0.05) is 36.1 Å². The Morgan fingerprint density at radius 2 is 2.06 bits per heavy atom. The summed E-state index contributed by atoms with van der Waals surface area (Å²) in [5, 5.41) is 13.8. The summed E-state index contributed by atoms with van der Waals surface area (Å²) in [4.78, 5) is 31.7. The fraction of sp³-hybridized carbons (Fsp3) is 0.522. The van der Waals surface area contributed by atoms with Gasteiger partial charge in [-0.25, -0.2) is 9.18 Å². The number of nitrogens with zero attached hydrogens (tertiary/aromatic N) is 3. The first kappa shape index (κ1) is 22.3. The van der Waals surface area contributed by atoms with Crippen molar-refractivity contribution in [1.82, 2.24) is 4.57 Å². The Kier molecular flexibility index (Phi) is 5.27. The summed E-state index contributed by atoms with van der Waals surface area (Å²) in [7, 11) is 0. The van der Waals surface area contributed by atoms with Crippen molar-refractivity contribution in [3.05, 3.63) is 39.9 Å². The van der Waals surface area contributed by atoms with E-state index in [0.717, 1.165) is 24.6 Å². The minimum atomic E-state index is -1.31. The molecule has 9 heteroatoms. The van der Waals surface area contributed by atoms with Gasteiger partial charge >= 0.3 is 5.97 Å². The Labute approximate surface area is 185 Å². The third-order valence-corrected chi connectivity index (χ3v) is 6.07. The van der Waals surface area contributed by atoms with Crippen LogP contribution in [-0.2, 0) is 4.84 Å². The molecule has 32 heavy (non-hydrogen) atoms. The Morgan fingerprint density at radius 1 is 1.38 bits per heavy atom. The van der Waals surface area contributed by atoms with Crippen LogP contribution < -0.4 is 16.1 Å². The zero-order valence-electron chi connectivity index (χ0n) is 18.8. The molecule has 172 valence electrons. The molecule has 2 aromatic rings. The number of oxime groups is 1. The highest BCUT2D eigenvalue weighted by atomic mass is 19.1. The predicted octanol–water partition coefficient (Wildman–Crippen LogP) is 3.13. The molecule has 2 heterocycles. The van der Waals surface area contributed by atoms with Crippen molar-refractivity contribution in [2.45, 2.75) is 52.2 Å². The molecule has 1 saturated carbocycles. The molecule has 0 amide bonds. The molecule has 0 bridgehead atoms. The third kappa shape index (κ3) is 3.97. The molecule has 1 saturated heterocycles. The highest BCUT2D eigenvalue weighted by Crippen LogP contribution is 2.39. The summed E-state index contributed by atoms with van der Waals surface area (Å²) in [5.41, 5.74) is 5.66. The Bertz CT molecular complexity index is 1180. The van der Waals surface area contributed by atoms with Gasteiger partial charge in [-0.3, -0.25) is 4.79 Å². The first-order chi connectivity index (χ1) is 14.9. The summed E-state index contributed by atoms with van der Waals surface area (Å²) in [6.07, 6.45) is 3.16. The van der Waals surface area contributed by atoms with Crippen LogP contribution in [0.1, 0.15) is 56.9 Å². The van der Waals surface area contributed by atoms with Crippen molar-refractivity contribution < 1.29 is 19.1 Å². The summed E-state index contributed by atoms with van der Waals surface area (Å²) >= 11 is 0. The number of halogens is 1. The lowest BCUT2D eigenvalue weighted by Crippen LogP contribution is -2.36. The van der Waals surface area contributed by atoms with Gasteiger partial charge in [0.15, 0.2) is 0 Å². The van der Waals surface area contributed by atoms with Crippen molar-refractivity contribution in [2.75, 3.05) is 24.5 Å². The number of rotatable bonds is 5. The first-order valence-electron chi connectivity index (χ1n) is 10.8. The molecule has 1 unspecified atom stereocenters. The van der Waals surface area contributed by atoms with Crippen LogP contribution in [0, 0.1) is 11.2 Å². The van der Waals surface area contributed by atoms with Gasteiger partial charge in [0.2, 0.25) is 5.43 Å². The van der Waals surface area contributed by atoms with Crippen molar-refractivity contribution >= 4 is 28.3 Å². The molecule has 1 aromatic heterocycles. The number of benzene rings is 1. The number of nitrogens with two attached hydrogens (primary N) is 1. The molecule has 4 rings (SSSR count). The molecule has 1 aliphatic carbocycles. The van der Waals surface area contributed by atoms with E-state index in [2.05, 4.69) is 5.16 Å². The molecule has 1 aromatic carbocycles. The Hall–Kier alpha value is -2.94. The molecule has 3 N–H and O–H groups in total. The van der Waals surface area contributed by atoms with E-state index in [4.69, 9.17) is 10.6 Å². The summed E-state index contributed by atoms with van der Waals surface area (Å²) in [6, 6.07) is 2.90. The minimum absolute atomic E-state index is 0.0730. The van der Waals surface area contributed by atoms with Gasteiger partial charge in [0.05, 0.1) is 23.5 Å². The number of carboxylic acid groups (broad SMARTS) is 1. The van der Waals surface area contributed by atoms with Gasteiger partial charge in [-0.15, -0.1) is 0 Å². The van der Waals surface area contributed by atoms with Gasteiger partial charge in [0.1, 0.15) is 17.0 Å². The maximum absolute atomic E-state index is 15.3. The number of hydrogen-bond acceptors (Lipinski definition) is 6. The predicted molar refractivity (Wildman–Crippen MR) is 121 cm³/mol. The van der Waals surface area contributed by atoms with E-state index in [1.54, 1.807) is 10.6 Å². The number of aromatic nitrogens is 1. The van der Waals surface area contributed by atoms with Crippen LogP contribution in [0.4, 0.5) is 10.1 Å². The van der Waals surface area contributed by atoms with Crippen LogP contribution in [0.25, 0.3) is 10.9 Å². The van der Waals surface area contributed by atoms with Gasteiger partial charge in [-0.2, -0.15) is 0 Å². The number of carboxylic acids is 1. The van der Waals surface area contributed by atoms with Gasteiger partial charge in [-0.1, -0.05) is 12.1 Å². The standard InChI is InChI=1S/C23H29FN4O4/c1-22(2,3)32-26-19-10-27(12-23(19,4)11-25)18-8-17-14(7-16(18)24)20(29)15(21(30)31)9-28(17)13-5-6-13/h7-9,13H,5-6,10-12,25H2,1-4H3,(H,30,31)/b26-19-. The Morgan fingerprint density at radius 3 is 2.62 bits per heavy atom. The summed E-state index contributed by atoms with van der Waals surface area (Å²) in [5.74, 6) is -1.90. The molecule has 1 atom stereocenters. The normalized spacial score (nSPS) is 22.7. The van der Waals surface area contributed by atoms with Crippen LogP contribution >= 0.6 is 0 Å². The fourth-order valence-corrected chi connectivity index (χ4v) is 4.03. The average Bonchev–Trinajstić information content (AvgIpc) is 3.49. The van der Waals surface area contributed by atoms with Gasteiger partial charge < -0.3 is 25.1 Å². The van der Waals surface area contributed by atoms with Crippen LogP contribution in [-0.4, -0.2) is 46.6 Å². The number of fused-ring (bicyclic) bond motifs is 1. The van der Waals surface area contributed by atoms with E-state index < -0.39 is 28.2 Å². The van der Waals surface area contributed by atoms with E-state index in [9.17, 15) is 14.7 Å². The molecule has 0 radical (unpaired) electrons. The van der Waals surface area contributed by atoms with E-state index >= 15 is 4.39 Å². The fourth-order valence-electron chi connectivity index (χ4n) is 4.03. The quantitative estimate of drug-likeness (QED) is 0.686. The molecule has 2 fully saturated rings. The molecular weight excluding hydrogens is 415 g/mol. The van der Waals surface area contributed by atoms with Crippen LogP contribution in [0.3, 0.4) is 0 Å². The maximum atomic E-state index is 15.3. The zero-order valence-corrected chi connectivity index (χ0v) is 18.8. The number of anilines is 1. The number of hydrogen-bond donors (Lipinski definition) is 2. The van der Waals surface area contributed by atoms with Gasteiger partial charge in [0.25, 0.3) is 0 Å². The zero-order chi connectivity index (χ0) is 23.4. The second kappa shape index (κ2) is 7.58. The highest BCUT2D eigenvalue weighted by molar-refractivity contribution is 5.98. The van der Waals surface area contributed by atoms with E-state index in [0.29, 0.717) is 30.8 Å². The Balaban J connectivity index is 1.81. The summed E-state index contributed by atoms with van der Waals surface area (Å²) in [6.45, 7) is 8.77. The monoisotopic (exact) mass is 444 g/mol. The highest BCUT2D eigenvalue weighted by Gasteiger charge is 2.41. The van der Waals surface area contributed by atoms with Crippen molar-refractivity contribution in [2.24, 2.45) is 16.3 Å². The van der Waals surface area contributed by atoms with Crippen LogP contribution in [0.5, 0.6) is 0 Å². The number of carbonyl (C=O) groups is 1. The minimum Gasteiger partial charge on any atom is -0.477 e. The molecule has 0 spiro atoms. The lowest BCUT2D eigenvalue weighted by atomic mass is 9.88. The number of aromatic carboxylic acids is 1. The maximum Gasteiger partial charge on any atom is 0.341 e. The van der Waals surface area contributed by atoms with Crippen molar-refractivity contribution in [3.8, 4) is 0 Å². The van der Waals surface area contributed by atoms with Crippen molar-refractivity contribution in [1.29, 1.82) is 0 Å². The van der Waals surface area contributed by atoms with E-state index in [-0.39, 0.29) is 17.0 Å². The number of pyridine rings is 1. The SMILES string of the molecule is CC(C)(C)O/N=C1/CN(c2cc3c(cc2F)c(=O)c(C(=O)O)cn3C2CC2)CC1(C)CN. The average molecular weight is 445 g/mol. The van der Waals surface area contributed by atoms with E-state index in [1.807, 2.05) is 32.6 Å². The lowest BCUT2D eigenvalue weighted by Gasteiger charge is -2.24. The lowest BCUT2D eigenvalue weighted by molar-refractivity contribution is -0.000438. The largest absolute Gasteiger partial charge is 0.477 e. The third-order valence-electron chi connectivity index (χ3n) is 6.07.